The summed E-state index contributed by atoms with van der Waals surface area (Å²) in [6.45, 7) is 6.49. The molecule has 0 aliphatic heterocycles. The smallest absolute Gasteiger partial charge is 0.227 e. The van der Waals surface area contributed by atoms with Gasteiger partial charge in [-0.15, -0.1) is 0 Å². The van der Waals surface area contributed by atoms with Crippen LogP contribution in [0.2, 0.25) is 0 Å². The van der Waals surface area contributed by atoms with E-state index in [9.17, 15) is 0 Å². The fourth-order valence-corrected chi connectivity index (χ4v) is 4.91. The van der Waals surface area contributed by atoms with Crippen LogP contribution in [0.3, 0.4) is 0 Å². The van der Waals surface area contributed by atoms with Crippen LogP contribution in [0.5, 0.6) is 0 Å². The van der Waals surface area contributed by atoms with Crippen molar-refractivity contribution in [1.82, 2.24) is 4.98 Å². The maximum Gasteiger partial charge on any atom is 0.227 e. The molecular weight excluding hydrogens is 356 g/mol. The van der Waals surface area contributed by atoms with E-state index in [-0.39, 0.29) is 0 Å². The number of furan rings is 1. The summed E-state index contributed by atoms with van der Waals surface area (Å²) < 4.78 is 8.66. The molecule has 0 spiro atoms. The van der Waals surface area contributed by atoms with Gasteiger partial charge in [-0.1, -0.05) is 31.4 Å². The number of nitrogens with zero attached hydrogens (tertiary/aromatic N) is 2. The third-order valence-corrected chi connectivity index (χ3v) is 6.76. The monoisotopic (exact) mass is 385 g/mol. The number of aromatic nitrogens is 2. The zero-order valence-corrected chi connectivity index (χ0v) is 17.9. The van der Waals surface area contributed by atoms with Gasteiger partial charge in [0.1, 0.15) is 7.05 Å². The van der Waals surface area contributed by atoms with Crippen molar-refractivity contribution in [1.29, 1.82) is 0 Å². The predicted octanol–water partition coefficient (Wildman–Crippen LogP) is 6.45. The number of aryl methyl sites for hydroxylation is 4. The van der Waals surface area contributed by atoms with E-state index in [2.05, 4.69) is 68.9 Å². The molecule has 0 atom stereocenters. The molecule has 4 aromatic rings. The van der Waals surface area contributed by atoms with Crippen LogP contribution >= 0.6 is 0 Å². The van der Waals surface area contributed by atoms with Crippen LogP contribution in [0, 0.1) is 20.8 Å². The second kappa shape index (κ2) is 6.98. The van der Waals surface area contributed by atoms with Gasteiger partial charge in [0.15, 0.2) is 11.8 Å². The first kappa shape index (κ1) is 18.4. The number of fused-ring (bicyclic) bond motifs is 3. The van der Waals surface area contributed by atoms with Gasteiger partial charge in [0, 0.05) is 34.0 Å². The molecule has 3 heterocycles. The molecule has 3 aromatic heterocycles. The summed E-state index contributed by atoms with van der Waals surface area (Å²) in [7, 11) is 2.11. The molecule has 1 aliphatic rings. The van der Waals surface area contributed by atoms with Crippen molar-refractivity contribution in [3.8, 4) is 11.3 Å². The Morgan fingerprint density at radius 3 is 2.45 bits per heavy atom. The number of hydrogen-bond acceptors (Lipinski definition) is 2. The summed E-state index contributed by atoms with van der Waals surface area (Å²) in [5.74, 6) is 0.583. The summed E-state index contributed by atoms with van der Waals surface area (Å²) in [4.78, 5) is 4.98. The van der Waals surface area contributed by atoms with Crippen LogP contribution in [-0.4, -0.2) is 4.98 Å². The van der Waals surface area contributed by atoms with E-state index in [1.165, 1.54) is 65.7 Å². The largest absolute Gasteiger partial charge is 0.437 e. The standard InChI is InChI=1S/C26H29N2O/c1-16-10-11-20-21-12-13-22(19-8-6-5-7-9-19)27-26(21)29-25(20)24(16)23-14-17(2)18(3)15-28(23)4/h10-15,19H,5-9H2,1-4H3/q+1. The van der Waals surface area contributed by atoms with Crippen LogP contribution in [0.4, 0.5) is 0 Å². The maximum atomic E-state index is 6.45. The average Bonchev–Trinajstić information content (AvgIpc) is 3.09. The van der Waals surface area contributed by atoms with Crippen LogP contribution in [0.1, 0.15) is 60.4 Å². The van der Waals surface area contributed by atoms with Crippen LogP contribution in [0.25, 0.3) is 33.3 Å². The lowest BCUT2D eigenvalue weighted by atomic mass is 9.86. The first-order chi connectivity index (χ1) is 14.0. The van der Waals surface area contributed by atoms with Crippen LogP contribution in [-0.2, 0) is 7.05 Å². The van der Waals surface area contributed by atoms with Gasteiger partial charge in [-0.05, 0) is 56.9 Å². The molecule has 0 saturated heterocycles. The molecule has 5 rings (SSSR count). The summed E-state index contributed by atoms with van der Waals surface area (Å²) >= 11 is 0. The summed E-state index contributed by atoms with van der Waals surface area (Å²) in [6.07, 6.45) is 8.70. The van der Waals surface area contributed by atoms with Crippen molar-refractivity contribution >= 4 is 22.1 Å². The summed E-state index contributed by atoms with van der Waals surface area (Å²) in [6, 6.07) is 11.1. The Morgan fingerprint density at radius 2 is 1.66 bits per heavy atom. The molecule has 0 unspecified atom stereocenters. The van der Waals surface area contributed by atoms with Gasteiger partial charge in [-0.2, -0.15) is 0 Å². The Balaban J connectivity index is 1.73. The quantitative estimate of drug-likeness (QED) is 0.371. The van der Waals surface area contributed by atoms with Crippen LogP contribution < -0.4 is 4.57 Å². The molecule has 148 valence electrons. The Hall–Kier alpha value is -2.68. The SMILES string of the molecule is Cc1cc(-c2c(C)ccc3c2oc2nc(C4CCCCC4)ccc23)[n+](C)cc1C. The molecule has 0 amide bonds. The van der Waals surface area contributed by atoms with E-state index >= 15 is 0 Å². The van der Waals surface area contributed by atoms with Crippen LogP contribution in [0.15, 0.2) is 40.9 Å². The van der Waals surface area contributed by atoms with Crippen molar-refractivity contribution in [2.45, 2.75) is 58.8 Å². The fraction of sp³-hybridized carbons (Fsp3) is 0.385. The van der Waals surface area contributed by atoms with Gasteiger partial charge in [-0.25, -0.2) is 9.55 Å². The third-order valence-electron chi connectivity index (χ3n) is 6.76. The van der Waals surface area contributed by atoms with Gasteiger partial charge in [0.25, 0.3) is 0 Å². The Bertz CT molecular complexity index is 1230. The molecule has 1 aromatic carbocycles. The Labute approximate surface area is 172 Å². The molecular formula is C26H29N2O+. The van der Waals surface area contributed by atoms with E-state index in [1.54, 1.807) is 0 Å². The minimum Gasteiger partial charge on any atom is -0.437 e. The first-order valence-electron chi connectivity index (χ1n) is 10.8. The van der Waals surface area contributed by atoms with Crippen molar-refractivity contribution < 1.29 is 8.98 Å². The normalized spacial score (nSPS) is 15.4. The molecule has 29 heavy (non-hydrogen) atoms. The number of pyridine rings is 2. The number of rotatable bonds is 2. The van der Waals surface area contributed by atoms with E-state index in [1.807, 2.05) is 0 Å². The second-order valence-electron chi connectivity index (χ2n) is 8.80. The second-order valence-corrected chi connectivity index (χ2v) is 8.80. The Morgan fingerprint density at radius 1 is 0.897 bits per heavy atom. The van der Waals surface area contributed by atoms with Crippen molar-refractivity contribution in [2.24, 2.45) is 7.05 Å². The minimum absolute atomic E-state index is 0.583. The lowest BCUT2D eigenvalue weighted by Gasteiger charge is -2.20. The highest BCUT2D eigenvalue weighted by molar-refractivity contribution is 6.08. The fourth-order valence-electron chi connectivity index (χ4n) is 4.91. The lowest BCUT2D eigenvalue weighted by Crippen LogP contribution is -2.31. The summed E-state index contributed by atoms with van der Waals surface area (Å²) in [5.41, 5.74) is 9.10. The zero-order chi connectivity index (χ0) is 20.1. The highest BCUT2D eigenvalue weighted by Gasteiger charge is 2.23. The molecule has 1 aliphatic carbocycles. The minimum atomic E-state index is 0.583. The molecule has 3 heteroatoms. The summed E-state index contributed by atoms with van der Waals surface area (Å²) in [5, 5.41) is 2.27. The van der Waals surface area contributed by atoms with Gasteiger partial charge >= 0.3 is 0 Å². The Kier molecular flexibility index (Phi) is 4.42. The van der Waals surface area contributed by atoms with Crippen molar-refractivity contribution in [3.05, 3.63) is 58.9 Å². The van der Waals surface area contributed by atoms with E-state index in [0.29, 0.717) is 5.92 Å². The highest BCUT2D eigenvalue weighted by atomic mass is 16.3. The molecule has 1 fully saturated rings. The third kappa shape index (κ3) is 3.04. The predicted molar refractivity (Wildman–Crippen MR) is 118 cm³/mol. The van der Waals surface area contributed by atoms with Crippen molar-refractivity contribution in [3.63, 3.8) is 0 Å². The molecule has 3 nitrogen and oxygen atoms in total. The van der Waals surface area contributed by atoms with Gasteiger partial charge in [0.05, 0.1) is 5.56 Å². The van der Waals surface area contributed by atoms with E-state index in [4.69, 9.17) is 9.40 Å². The number of benzene rings is 1. The van der Waals surface area contributed by atoms with Gasteiger partial charge < -0.3 is 4.42 Å². The molecule has 0 bridgehead atoms. The van der Waals surface area contributed by atoms with Crippen molar-refractivity contribution in [2.75, 3.05) is 0 Å². The molecule has 0 N–H and O–H groups in total. The first-order valence-corrected chi connectivity index (χ1v) is 10.8. The van der Waals surface area contributed by atoms with Gasteiger partial charge in [-0.3, -0.25) is 0 Å². The van der Waals surface area contributed by atoms with E-state index in [0.717, 1.165) is 22.1 Å². The highest BCUT2D eigenvalue weighted by Crippen LogP contribution is 2.38. The zero-order valence-electron chi connectivity index (χ0n) is 17.9. The lowest BCUT2D eigenvalue weighted by molar-refractivity contribution is -0.660. The average molecular weight is 386 g/mol. The number of hydrogen-bond donors (Lipinski definition) is 0. The molecule has 0 radical (unpaired) electrons. The molecule has 1 saturated carbocycles. The van der Waals surface area contributed by atoms with E-state index < -0.39 is 0 Å². The maximum absolute atomic E-state index is 6.45. The topological polar surface area (TPSA) is 29.9 Å². The van der Waals surface area contributed by atoms with Gasteiger partial charge in [0.2, 0.25) is 11.4 Å².